The zero-order valence-corrected chi connectivity index (χ0v) is 19.2. The summed E-state index contributed by atoms with van der Waals surface area (Å²) in [6, 6.07) is 5.89. The molecule has 3 rings (SSSR count). The fourth-order valence-electron chi connectivity index (χ4n) is 3.77. The number of piperazine rings is 1. The highest BCUT2D eigenvalue weighted by atomic mass is 16.5. The number of hydrogen-bond acceptors (Lipinski definition) is 6. The average molecular weight is 432 g/mol. The maximum absolute atomic E-state index is 12.5. The first-order chi connectivity index (χ1) is 14.9. The number of rotatable bonds is 10. The summed E-state index contributed by atoms with van der Waals surface area (Å²) in [5.41, 5.74) is 1.31. The van der Waals surface area contributed by atoms with E-state index >= 15 is 0 Å². The number of esters is 1. The zero-order valence-electron chi connectivity index (χ0n) is 19.2. The first-order valence-corrected chi connectivity index (χ1v) is 11.6. The van der Waals surface area contributed by atoms with Crippen LogP contribution < -0.4 is 15.0 Å². The van der Waals surface area contributed by atoms with Gasteiger partial charge < -0.3 is 19.7 Å². The topological polar surface area (TPSA) is 71.1 Å². The van der Waals surface area contributed by atoms with Gasteiger partial charge in [-0.3, -0.25) is 14.5 Å². The van der Waals surface area contributed by atoms with Gasteiger partial charge in [-0.2, -0.15) is 0 Å². The van der Waals surface area contributed by atoms with Crippen LogP contribution in [0.5, 0.6) is 5.75 Å². The molecular weight excluding hydrogens is 394 g/mol. The first kappa shape index (κ1) is 23.5. The normalized spacial score (nSPS) is 17.4. The Morgan fingerprint density at radius 1 is 1.16 bits per heavy atom. The number of hydrogen-bond donors (Lipinski definition) is 1. The standard InChI is InChI=1S/C24H37N3O4/c1-4-24(2,3)23(29)31-18-27-21-17-20(9-7-19(21)8-10-22(27)28)30-16-6-5-13-26-14-11-25-12-15-26/h7,9,17,25H,4-6,8,10-16,18H2,1-3H3. The molecule has 1 aromatic rings. The minimum atomic E-state index is -0.558. The van der Waals surface area contributed by atoms with Gasteiger partial charge in [0.05, 0.1) is 17.7 Å². The predicted molar refractivity (Wildman–Crippen MR) is 121 cm³/mol. The van der Waals surface area contributed by atoms with E-state index in [9.17, 15) is 9.59 Å². The number of nitrogens with zero attached hydrogens (tertiary/aromatic N) is 2. The lowest BCUT2D eigenvalue weighted by Crippen LogP contribution is -2.43. The van der Waals surface area contributed by atoms with Gasteiger partial charge >= 0.3 is 5.97 Å². The number of ether oxygens (including phenoxy) is 2. The third-order valence-electron chi connectivity index (χ3n) is 6.37. The zero-order chi connectivity index (χ0) is 22.3. The lowest BCUT2D eigenvalue weighted by atomic mass is 9.91. The molecule has 0 atom stereocenters. The highest BCUT2D eigenvalue weighted by Crippen LogP contribution is 2.32. The van der Waals surface area contributed by atoms with Gasteiger partial charge in [-0.05, 0) is 57.7 Å². The molecule has 1 fully saturated rings. The van der Waals surface area contributed by atoms with Gasteiger partial charge in [0.1, 0.15) is 5.75 Å². The van der Waals surface area contributed by atoms with Crippen LogP contribution >= 0.6 is 0 Å². The molecule has 7 nitrogen and oxygen atoms in total. The smallest absolute Gasteiger partial charge is 0.313 e. The number of nitrogens with one attached hydrogen (secondary N) is 1. The van der Waals surface area contributed by atoms with Crippen molar-refractivity contribution < 1.29 is 19.1 Å². The highest BCUT2D eigenvalue weighted by Gasteiger charge is 2.30. The molecule has 0 aromatic heterocycles. The van der Waals surface area contributed by atoms with Crippen LogP contribution in [-0.2, 0) is 20.7 Å². The van der Waals surface area contributed by atoms with Crippen molar-refractivity contribution in [2.45, 2.75) is 52.9 Å². The quantitative estimate of drug-likeness (QED) is 0.454. The Hall–Kier alpha value is -2.12. The van der Waals surface area contributed by atoms with Crippen LogP contribution in [0, 0.1) is 5.41 Å². The molecule has 7 heteroatoms. The van der Waals surface area contributed by atoms with Crippen molar-refractivity contribution in [3.05, 3.63) is 23.8 Å². The van der Waals surface area contributed by atoms with Crippen LogP contribution in [0.3, 0.4) is 0 Å². The molecule has 31 heavy (non-hydrogen) atoms. The number of anilines is 1. The molecule has 1 amide bonds. The molecule has 172 valence electrons. The molecule has 0 aliphatic carbocycles. The molecule has 0 unspecified atom stereocenters. The monoisotopic (exact) mass is 431 g/mol. The summed E-state index contributed by atoms with van der Waals surface area (Å²) < 4.78 is 11.5. The lowest BCUT2D eigenvalue weighted by molar-refractivity contribution is -0.154. The summed E-state index contributed by atoms with van der Waals surface area (Å²) in [7, 11) is 0. The summed E-state index contributed by atoms with van der Waals surface area (Å²) >= 11 is 0. The van der Waals surface area contributed by atoms with E-state index in [0.29, 0.717) is 25.9 Å². The summed E-state index contributed by atoms with van der Waals surface area (Å²) in [5.74, 6) is 0.440. The molecule has 1 N–H and O–H groups in total. The Kier molecular flexibility index (Phi) is 8.32. The Balaban J connectivity index is 1.53. The van der Waals surface area contributed by atoms with E-state index in [4.69, 9.17) is 9.47 Å². The van der Waals surface area contributed by atoms with Crippen LogP contribution in [-0.4, -0.2) is 62.8 Å². The van der Waals surface area contributed by atoms with Crippen molar-refractivity contribution in [2.75, 3.05) is 51.0 Å². The third-order valence-corrected chi connectivity index (χ3v) is 6.37. The Morgan fingerprint density at radius 2 is 1.94 bits per heavy atom. The van der Waals surface area contributed by atoms with Crippen molar-refractivity contribution in [1.29, 1.82) is 0 Å². The van der Waals surface area contributed by atoms with Crippen molar-refractivity contribution in [3.63, 3.8) is 0 Å². The second-order valence-electron chi connectivity index (χ2n) is 9.06. The van der Waals surface area contributed by atoms with Crippen LogP contribution in [0.1, 0.15) is 52.0 Å². The molecule has 2 heterocycles. The Labute approximate surface area is 186 Å². The number of carbonyl (C=O) groups excluding carboxylic acids is 2. The SMILES string of the molecule is CCC(C)(C)C(=O)OCN1C(=O)CCc2ccc(OCCCCN3CCNCC3)cc21. The number of fused-ring (bicyclic) bond motifs is 1. The number of unbranched alkanes of at least 4 members (excludes halogenated alkanes) is 1. The molecule has 0 radical (unpaired) electrons. The molecule has 1 aromatic carbocycles. The molecule has 2 aliphatic rings. The number of aryl methyl sites for hydroxylation is 1. The van der Waals surface area contributed by atoms with Crippen molar-refractivity contribution in [2.24, 2.45) is 5.41 Å². The van der Waals surface area contributed by atoms with Crippen molar-refractivity contribution in [3.8, 4) is 5.75 Å². The van der Waals surface area contributed by atoms with Gasteiger partial charge in [-0.1, -0.05) is 13.0 Å². The van der Waals surface area contributed by atoms with Gasteiger partial charge in [0.2, 0.25) is 5.91 Å². The van der Waals surface area contributed by atoms with Crippen LogP contribution in [0.15, 0.2) is 18.2 Å². The summed E-state index contributed by atoms with van der Waals surface area (Å²) in [4.78, 5) is 28.9. The number of carbonyl (C=O) groups is 2. The molecular formula is C24H37N3O4. The fourth-order valence-corrected chi connectivity index (χ4v) is 3.77. The first-order valence-electron chi connectivity index (χ1n) is 11.6. The van der Waals surface area contributed by atoms with Gasteiger partial charge in [-0.25, -0.2) is 0 Å². The molecule has 1 saturated heterocycles. The second kappa shape index (κ2) is 11.0. The molecule has 2 aliphatic heterocycles. The van der Waals surface area contributed by atoms with E-state index in [1.807, 2.05) is 39.0 Å². The van der Waals surface area contributed by atoms with E-state index in [1.165, 1.54) is 0 Å². The minimum absolute atomic E-state index is 0.0252. The lowest BCUT2D eigenvalue weighted by Gasteiger charge is -2.30. The van der Waals surface area contributed by atoms with E-state index in [-0.39, 0.29) is 18.6 Å². The van der Waals surface area contributed by atoms with E-state index in [0.717, 1.165) is 62.6 Å². The molecule has 0 saturated carbocycles. The summed E-state index contributed by atoms with van der Waals surface area (Å²) in [6.45, 7) is 11.8. The predicted octanol–water partition coefficient (Wildman–Crippen LogP) is 2.97. The Bertz CT molecular complexity index is 759. The minimum Gasteiger partial charge on any atom is -0.494 e. The summed E-state index contributed by atoms with van der Waals surface area (Å²) in [5, 5.41) is 3.37. The van der Waals surface area contributed by atoms with Crippen molar-refractivity contribution >= 4 is 17.6 Å². The van der Waals surface area contributed by atoms with Crippen LogP contribution in [0.2, 0.25) is 0 Å². The molecule has 0 spiro atoms. The number of amides is 1. The summed E-state index contributed by atoms with van der Waals surface area (Å²) in [6.07, 6.45) is 3.91. The van der Waals surface area contributed by atoms with Gasteiger partial charge in [0, 0.05) is 38.7 Å². The van der Waals surface area contributed by atoms with E-state index in [2.05, 4.69) is 10.2 Å². The van der Waals surface area contributed by atoms with Gasteiger partial charge in [0.15, 0.2) is 6.73 Å². The van der Waals surface area contributed by atoms with Crippen molar-refractivity contribution in [1.82, 2.24) is 10.2 Å². The van der Waals surface area contributed by atoms with Crippen LogP contribution in [0.4, 0.5) is 5.69 Å². The Morgan fingerprint density at radius 3 is 2.68 bits per heavy atom. The van der Waals surface area contributed by atoms with Gasteiger partial charge in [0.25, 0.3) is 0 Å². The average Bonchev–Trinajstić information content (AvgIpc) is 2.78. The van der Waals surface area contributed by atoms with E-state index in [1.54, 1.807) is 4.90 Å². The van der Waals surface area contributed by atoms with E-state index < -0.39 is 5.41 Å². The van der Waals surface area contributed by atoms with Crippen LogP contribution in [0.25, 0.3) is 0 Å². The highest BCUT2D eigenvalue weighted by molar-refractivity contribution is 5.96. The van der Waals surface area contributed by atoms with Gasteiger partial charge in [-0.15, -0.1) is 0 Å². The molecule has 0 bridgehead atoms. The number of benzene rings is 1. The third kappa shape index (κ3) is 6.43. The fraction of sp³-hybridized carbons (Fsp3) is 0.667. The maximum Gasteiger partial charge on any atom is 0.313 e. The maximum atomic E-state index is 12.5. The largest absolute Gasteiger partial charge is 0.494 e. The second-order valence-corrected chi connectivity index (χ2v) is 9.06.